The van der Waals surface area contributed by atoms with Gasteiger partial charge in [0.15, 0.2) is 0 Å². The molecule has 1 radical (unpaired) electrons. The molecule has 3 aromatic heterocycles. The topological polar surface area (TPSA) is 43.9 Å². The normalized spacial score (nSPS) is 11.6. The van der Waals surface area contributed by atoms with Crippen molar-refractivity contribution < 1.29 is 24.5 Å². The molecule has 0 saturated heterocycles. The van der Waals surface area contributed by atoms with Crippen molar-refractivity contribution in [3.05, 3.63) is 182 Å². The van der Waals surface area contributed by atoms with Gasteiger partial charge in [-0.2, -0.15) is 0 Å². The van der Waals surface area contributed by atoms with Gasteiger partial charge in [0.1, 0.15) is 5.58 Å². The Balaban J connectivity index is 0.000000172. The number of nitrogens with zero attached hydrogens (tertiary/aromatic N) is 3. The number of benzene rings is 7. The van der Waals surface area contributed by atoms with Gasteiger partial charge in [-0.1, -0.05) is 159 Å². The molecule has 3 heterocycles. The molecule has 0 aliphatic rings. The van der Waals surface area contributed by atoms with Gasteiger partial charge >= 0.3 is 0 Å². The van der Waals surface area contributed by atoms with E-state index in [0.717, 1.165) is 67.7 Å². The van der Waals surface area contributed by atoms with Crippen LogP contribution in [0.2, 0.25) is 19.6 Å². The second-order valence-electron chi connectivity index (χ2n) is 16.4. The van der Waals surface area contributed by atoms with Gasteiger partial charge in [0.2, 0.25) is 0 Å². The number of fused-ring (bicyclic) bond motifs is 5. The van der Waals surface area contributed by atoms with Crippen LogP contribution >= 0.6 is 0 Å². The molecule has 0 saturated carbocycles. The first-order valence-corrected chi connectivity index (χ1v) is 23.6. The fourth-order valence-electron chi connectivity index (χ4n) is 8.04. The minimum atomic E-state index is -1.39. The maximum absolute atomic E-state index is 6.32. The Labute approximate surface area is 361 Å². The van der Waals surface area contributed by atoms with Crippen LogP contribution in [0.4, 0.5) is 0 Å². The molecule has 10 aromatic rings. The number of pyridine rings is 1. The van der Waals surface area contributed by atoms with Gasteiger partial charge in [-0.15, -0.1) is 47.3 Å². The Morgan fingerprint density at radius 1 is 0.661 bits per heavy atom. The molecule has 7 aromatic carbocycles. The van der Waals surface area contributed by atoms with Crippen molar-refractivity contribution in [2.75, 3.05) is 0 Å². The van der Waals surface area contributed by atoms with Crippen LogP contribution in [0.3, 0.4) is 0 Å². The van der Waals surface area contributed by atoms with Crippen LogP contribution in [0.5, 0.6) is 0 Å². The van der Waals surface area contributed by atoms with Crippen molar-refractivity contribution in [3.8, 4) is 39.5 Å². The summed E-state index contributed by atoms with van der Waals surface area (Å²) in [5, 5.41) is 6.13. The summed E-state index contributed by atoms with van der Waals surface area (Å²) in [7, 11) is -1.39. The molecule has 0 aliphatic carbocycles. The third kappa shape index (κ3) is 7.96. The molecular weight excluding hydrogens is 915 g/mol. The molecule has 0 atom stereocenters. The fourth-order valence-corrected chi connectivity index (χ4v) is 9.63. The summed E-state index contributed by atoms with van der Waals surface area (Å²) in [6, 6.07) is 61.2. The zero-order valence-electron chi connectivity index (χ0n) is 34.0. The first-order valence-electron chi connectivity index (χ1n) is 20.1. The SMILES string of the molecule is CC(C)Cc1cc(-c2[c-]ccc3ccccc23)ncc1[Si](C)(C)C.[Ir].[c-]1ccc2c(oc3ccccc32)c1-c1nc2ccccc2n1-c1ccc(-c2ccccc2)cc1. The summed E-state index contributed by atoms with van der Waals surface area (Å²) >= 11 is 0. The average molecular weight is 960 g/mol. The van der Waals surface area contributed by atoms with E-state index >= 15 is 0 Å². The van der Waals surface area contributed by atoms with Crippen LogP contribution in [0.15, 0.2) is 168 Å². The van der Waals surface area contributed by atoms with Crippen molar-refractivity contribution in [1.82, 2.24) is 14.5 Å². The molecule has 0 amide bonds. The molecule has 0 spiro atoms. The van der Waals surface area contributed by atoms with Crippen molar-refractivity contribution in [2.45, 2.75) is 39.9 Å². The summed E-state index contributed by atoms with van der Waals surface area (Å²) in [5.74, 6) is 1.46. The quantitative estimate of drug-likeness (QED) is 0.118. The molecule has 293 valence electrons. The van der Waals surface area contributed by atoms with E-state index in [4.69, 9.17) is 14.4 Å². The number of hydrogen-bond acceptors (Lipinski definition) is 3. The second-order valence-corrected chi connectivity index (χ2v) is 21.4. The molecule has 0 aliphatic heterocycles. The van der Waals surface area contributed by atoms with Crippen molar-refractivity contribution in [3.63, 3.8) is 0 Å². The number of rotatable bonds is 7. The first kappa shape index (κ1) is 39.9. The number of hydrogen-bond donors (Lipinski definition) is 0. The zero-order valence-corrected chi connectivity index (χ0v) is 37.4. The molecule has 59 heavy (non-hydrogen) atoms. The van der Waals surface area contributed by atoms with E-state index in [1.807, 2.05) is 54.6 Å². The summed E-state index contributed by atoms with van der Waals surface area (Å²) in [6.07, 6.45) is 3.24. The molecule has 10 rings (SSSR count). The minimum Gasteiger partial charge on any atom is -0.501 e. The van der Waals surface area contributed by atoms with E-state index in [1.54, 1.807) is 0 Å². The van der Waals surface area contributed by atoms with Crippen molar-refractivity contribution in [1.29, 1.82) is 0 Å². The maximum Gasteiger partial charge on any atom is 0.120 e. The minimum absolute atomic E-state index is 0. The molecule has 0 N–H and O–H groups in total. The molecular formula is C53H45IrN3OSi-2. The standard InChI is InChI=1S/C31H19N2O.C22H26NSi.Ir/c1-2-9-21(10-3-1)22-17-19-23(20-18-22)33-28-15-6-5-14-27(28)32-31(33)26-13-8-12-25-24-11-4-7-16-29(24)34-30(25)26;1-16(2)13-18-14-21(23-15-22(18)24(3,4)5)20-12-8-10-17-9-6-7-11-19(17)20;/h1-12,14-20H;6-11,14-16H,13H2,1-5H3;/q2*-1;. The van der Waals surface area contributed by atoms with Crippen LogP contribution < -0.4 is 5.19 Å². The number of para-hydroxylation sites is 3. The van der Waals surface area contributed by atoms with Gasteiger partial charge in [0.25, 0.3) is 0 Å². The molecule has 0 unspecified atom stereocenters. The Morgan fingerprint density at radius 2 is 1.32 bits per heavy atom. The van der Waals surface area contributed by atoms with Crippen LogP contribution in [0, 0.1) is 18.1 Å². The second kappa shape index (κ2) is 16.7. The fraction of sp³-hybridized carbons (Fsp3) is 0.132. The number of imidazole rings is 1. The molecule has 6 heteroatoms. The predicted molar refractivity (Wildman–Crippen MR) is 246 cm³/mol. The Hall–Kier alpha value is -5.91. The van der Waals surface area contributed by atoms with Gasteiger partial charge < -0.3 is 14.0 Å². The van der Waals surface area contributed by atoms with Gasteiger partial charge in [-0.25, -0.2) is 0 Å². The van der Waals surface area contributed by atoms with E-state index in [0.29, 0.717) is 5.92 Å². The molecule has 0 fully saturated rings. The molecule has 0 bridgehead atoms. The van der Waals surface area contributed by atoms with Gasteiger partial charge in [0.05, 0.1) is 30.5 Å². The van der Waals surface area contributed by atoms with E-state index in [1.165, 1.54) is 32.6 Å². The van der Waals surface area contributed by atoms with Gasteiger partial charge in [0, 0.05) is 37.4 Å². The molecule has 4 nitrogen and oxygen atoms in total. The predicted octanol–water partition coefficient (Wildman–Crippen LogP) is 13.5. The summed E-state index contributed by atoms with van der Waals surface area (Å²) in [4.78, 5) is 9.87. The monoisotopic (exact) mass is 960 g/mol. The third-order valence-corrected chi connectivity index (χ3v) is 12.8. The van der Waals surface area contributed by atoms with E-state index < -0.39 is 8.07 Å². The maximum atomic E-state index is 6.32. The average Bonchev–Trinajstić information content (AvgIpc) is 3.83. The van der Waals surface area contributed by atoms with Gasteiger partial charge in [-0.3, -0.25) is 4.98 Å². The summed E-state index contributed by atoms with van der Waals surface area (Å²) in [5.41, 5.74) is 11.6. The number of aromatic nitrogens is 3. The zero-order chi connectivity index (χ0) is 39.8. The Bertz CT molecular complexity index is 3040. The smallest absolute Gasteiger partial charge is 0.120 e. The summed E-state index contributed by atoms with van der Waals surface area (Å²) < 4.78 is 8.51. The van der Waals surface area contributed by atoms with E-state index in [2.05, 4.69) is 160 Å². The third-order valence-electron chi connectivity index (χ3n) is 10.8. The number of furan rings is 1. The Morgan fingerprint density at radius 3 is 2.10 bits per heavy atom. The summed E-state index contributed by atoms with van der Waals surface area (Å²) in [6.45, 7) is 11.8. The van der Waals surface area contributed by atoms with Crippen LogP contribution in [0.25, 0.3) is 83.2 Å². The Kier molecular flexibility index (Phi) is 11.3. The van der Waals surface area contributed by atoms with E-state index in [9.17, 15) is 0 Å². The largest absolute Gasteiger partial charge is 0.501 e. The van der Waals surface area contributed by atoms with Crippen LogP contribution in [-0.4, -0.2) is 22.6 Å². The van der Waals surface area contributed by atoms with Crippen molar-refractivity contribution in [2.24, 2.45) is 5.92 Å². The van der Waals surface area contributed by atoms with Crippen molar-refractivity contribution >= 4 is 57.0 Å². The van der Waals surface area contributed by atoms with Crippen LogP contribution in [0.1, 0.15) is 19.4 Å². The van der Waals surface area contributed by atoms with E-state index in [-0.39, 0.29) is 20.1 Å². The van der Waals surface area contributed by atoms with Crippen LogP contribution in [-0.2, 0) is 26.5 Å². The van der Waals surface area contributed by atoms with Gasteiger partial charge in [-0.05, 0) is 64.7 Å². The first-order chi connectivity index (χ1) is 28.2.